The molecule has 19 heavy (non-hydrogen) atoms. The van der Waals surface area contributed by atoms with Gasteiger partial charge >= 0.3 is 6.18 Å². The normalized spacial score (nSPS) is 19.8. The number of halogens is 3. The zero-order valence-electron chi connectivity index (χ0n) is 10.8. The fourth-order valence-electron chi connectivity index (χ4n) is 2.24. The predicted octanol–water partition coefficient (Wildman–Crippen LogP) is 3.27. The van der Waals surface area contributed by atoms with Crippen molar-refractivity contribution in [3.63, 3.8) is 0 Å². The first-order valence-corrected chi connectivity index (χ1v) is 6.40. The van der Waals surface area contributed by atoms with Crippen LogP contribution in [0.2, 0.25) is 0 Å². The zero-order chi connectivity index (χ0) is 14.1. The molecule has 0 aromatic heterocycles. The highest BCUT2D eigenvalue weighted by Crippen LogP contribution is 2.32. The van der Waals surface area contributed by atoms with Crippen molar-refractivity contribution in [1.82, 2.24) is 5.32 Å². The lowest BCUT2D eigenvalue weighted by Crippen LogP contribution is -2.49. The first kappa shape index (κ1) is 14.3. The van der Waals surface area contributed by atoms with Gasteiger partial charge < -0.3 is 10.4 Å². The molecule has 1 aliphatic carbocycles. The number of hydrogen-bond donors (Lipinski definition) is 2. The Kier molecular flexibility index (Phi) is 3.87. The van der Waals surface area contributed by atoms with E-state index in [9.17, 15) is 18.3 Å². The van der Waals surface area contributed by atoms with E-state index in [0.717, 1.165) is 25.0 Å². The molecule has 1 aliphatic rings. The minimum Gasteiger partial charge on any atom is -0.387 e. The molecular weight excluding hydrogens is 255 g/mol. The summed E-state index contributed by atoms with van der Waals surface area (Å²) in [6, 6.07) is 4.67. The van der Waals surface area contributed by atoms with E-state index in [4.69, 9.17) is 0 Å². The summed E-state index contributed by atoms with van der Waals surface area (Å²) < 4.78 is 37.2. The summed E-state index contributed by atoms with van der Waals surface area (Å²) in [6.45, 7) is 2.46. The van der Waals surface area contributed by atoms with Gasteiger partial charge in [0.2, 0.25) is 0 Å². The SMILES string of the molecule is CC1(NCC(O)c2ccc(C(F)(F)F)cc2)CCC1. The van der Waals surface area contributed by atoms with Crippen LogP contribution in [0.5, 0.6) is 0 Å². The molecule has 1 saturated carbocycles. The van der Waals surface area contributed by atoms with Crippen molar-refractivity contribution in [2.45, 2.75) is 44.0 Å². The van der Waals surface area contributed by atoms with Gasteiger partial charge in [0.25, 0.3) is 0 Å². The van der Waals surface area contributed by atoms with Crippen LogP contribution >= 0.6 is 0 Å². The number of nitrogens with one attached hydrogen (secondary N) is 1. The molecule has 1 aromatic carbocycles. The van der Waals surface area contributed by atoms with Crippen LogP contribution in [0, 0.1) is 0 Å². The third-order valence-electron chi connectivity index (χ3n) is 3.80. The van der Waals surface area contributed by atoms with Crippen LogP contribution in [-0.4, -0.2) is 17.2 Å². The number of rotatable bonds is 4. The molecule has 0 saturated heterocycles. The fourth-order valence-corrected chi connectivity index (χ4v) is 2.24. The maximum atomic E-state index is 12.4. The van der Waals surface area contributed by atoms with Crippen LogP contribution < -0.4 is 5.32 Å². The highest BCUT2D eigenvalue weighted by atomic mass is 19.4. The van der Waals surface area contributed by atoms with Gasteiger partial charge in [-0.25, -0.2) is 0 Å². The van der Waals surface area contributed by atoms with Crippen molar-refractivity contribution in [1.29, 1.82) is 0 Å². The molecule has 2 nitrogen and oxygen atoms in total. The van der Waals surface area contributed by atoms with Crippen molar-refractivity contribution in [2.24, 2.45) is 0 Å². The zero-order valence-corrected chi connectivity index (χ0v) is 10.8. The van der Waals surface area contributed by atoms with Gasteiger partial charge in [-0.15, -0.1) is 0 Å². The highest BCUT2D eigenvalue weighted by Gasteiger charge is 2.32. The first-order valence-electron chi connectivity index (χ1n) is 6.40. The van der Waals surface area contributed by atoms with Crippen LogP contribution in [-0.2, 0) is 6.18 Å². The lowest BCUT2D eigenvalue weighted by Gasteiger charge is -2.40. The molecule has 1 unspecified atom stereocenters. The third kappa shape index (κ3) is 3.48. The molecule has 1 fully saturated rings. The predicted molar refractivity (Wildman–Crippen MR) is 66.7 cm³/mol. The van der Waals surface area contributed by atoms with Gasteiger partial charge in [0.05, 0.1) is 11.7 Å². The van der Waals surface area contributed by atoms with E-state index in [-0.39, 0.29) is 5.54 Å². The quantitative estimate of drug-likeness (QED) is 0.882. The van der Waals surface area contributed by atoms with Crippen molar-refractivity contribution in [2.75, 3.05) is 6.54 Å². The number of aliphatic hydroxyl groups excluding tert-OH is 1. The fraction of sp³-hybridized carbons (Fsp3) is 0.571. The van der Waals surface area contributed by atoms with E-state index in [1.807, 2.05) is 0 Å². The summed E-state index contributed by atoms with van der Waals surface area (Å²) in [7, 11) is 0. The number of β-amino-alcohol motifs (C(OH)–C–C–N with tert-alkyl or cyclic N) is 1. The summed E-state index contributed by atoms with van der Waals surface area (Å²) in [6.07, 6.45) is -1.78. The van der Waals surface area contributed by atoms with Crippen molar-refractivity contribution in [3.05, 3.63) is 35.4 Å². The Morgan fingerprint density at radius 2 is 1.84 bits per heavy atom. The molecule has 1 atom stereocenters. The number of hydrogen-bond acceptors (Lipinski definition) is 2. The molecule has 2 rings (SSSR count). The first-order chi connectivity index (χ1) is 8.80. The van der Waals surface area contributed by atoms with Crippen LogP contribution in [0.25, 0.3) is 0 Å². The number of alkyl halides is 3. The highest BCUT2D eigenvalue weighted by molar-refractivity contribution is 5.26. The van der Waals surface area contributed by atoms with Gasteiger partial charge in [0.15, 0.2) is 0 Å². The van der Waals surface area contributed by atoms with E-state index < -0.39 is 17.8 Å². The van der Waals surface area contributed by atoms with Gasteiger partial charge in [-0.3, -0.25) is 0 Å². The van der Waals surface area contributed by atoms with Gasteiger partial charge in [-0.2, -0.15) is 13.2 Å². The third-order valence-corrected chi connectivity index (χ3v) is 3.80. The standard InChI is InChI=1S/C14H18F3NO/c1-13(7-2-8-13)18-9-12(19)10-3-5-11(6-4-10)14(15,16)17/h3-6,12,18-19H,2,7-9H2,1H3. The molecule has 0 amide bonds. The Hall–Kier alpha value is -1.07. The smallest absolute Gasteiger partial charge is 0.387 e. The van der Waals surface area contributed by atoms with Crippen LogP contribution in [0.15, 0.2) is 24.3 Å². The average molecular weight is 273 g/mol. The lowest BCUT2D eigenvalue weighted by atomic mass is 9.78. The Morgan fingerprint density at radius 3 is 2.26 bits per heavy atom. The Bertz CT molecular complexity index is 423. The van der Waals surface area contributed by atoms with Crippen LogP contribution in [0.3, 0.4) is 0 Å². The van der Waals surface area contributed by atoms with Gasteiger partial charge in [0, 0.05) is 12.1 Å². The van der Waals surface area contributed by atoms with E-state index in [1.165, 1.54) is 18.6 Å². The minimum absolute atomic E-state index is 0.0763. The van der Waals surface area contributed by atoms with E-state index in [0.29, 0.717) is 12.1 Å². The molecule has 2 N–H and O–H groups in total. The summed E-state index contributed by atoms with van der Waals surface area (Å²) in [5.74, 6) is 0. The van der Waals surface area contributed by atoms with Crippen molar-refractivity contribution < 1.29 is 18.3 Å². The average Bonchev–Trinajstić information content (AvgIpc) is 2.33. The second-order valence-corrected chi connectivity index (χ2v) is 5.43. The van der Waals surface area contributed by atoms with Crippen LogP contribution in [0.1, 0.15) is 43.4 Å². The Labute approximate surface area is 110 Å². The Balaban J connectivity index is 1.93. The van der Waals surface area contributed by atoms with E-state index >= 15 is 0 Å². The molecule has 106 valence electrons. The molecule has 0 spiro atoms. The van der Waals surface area contributed by atoms with E-state index in [2.05, 4.69) is 12.2 Å². The topological polar surface area (TPSA) is 32.3 Å². The van der Waals surface area contributed by atoms with Gasteiger partial charge in [-0.1, -0.05) is 12.1 Å². The second-order valence-electron chi connectivity index (χ2n) is 5.43. The van der Waals surface area contributed by atoms with Crippen LogP contribution in [0.4, 0.5) is 13.2 Å². The molecule has 0 aliphatic heterocycles. The molecule has 0 bridgehead atoms. The molecule has 0 radical (unpaired) electrons. The van der Waals surface area contributed by atoms with E-state index in [1.54, 1.807) is 0 Å². The van der Waals surface area contributed by atoms with Crippen molar-refractivity contribution in [3.8, 4) is 0 Å². The van der Waals surface area contributed by atoms with Crippen molar-refractivity contribution >= 4 is 0 Å². The molecule has 1 aromatic rings. The summed E-state index contributed by atoms with van der Waals surface area (Å²) in [5, 5.41) is 13.2. The molecule has 5 heteroatoms. The molecular formula is C14H18F3NO. The largest absolute Gasteiger partial charge is 0.416 e. The minimum atomic E-state index is -4.33. The summed E-state index contributed by atoms with van der Waals surface area (Å²) >= 11 is 0. The van der Waals surface area contributed by atoms with Gasteiger partial charge in [0.1, 0.15) is 0 Å². The summed E-state index contributed by atoms with van der Waals surface area (Å²) in [5.41, 5.74) is -0.113. The maximum Gasteiger partial charge on any atom is 0.416 e. The number of aliphatic hydroxyl groups is 1. The second kappa shape index (κ2) is 5.13. The lowest BCUT2D eigenvalue weighted by molar-refractivity contribution is -0.137. The monoisotopic (exact) mass is 273 g/mol. The maximum absolute atomic E-state index is 12.4. The summed E-state index contributed by atoms with van der Waals surface area (Å²) in [4.78, 5) is 0. The number of benzene rings is 1. The Morgan fingerprint density at radius 1 is 1.26 bits per heavy atom. The van der Waals surface area contributed by atoms with Gasteiger partial charge in [-0.05, 0) is 43.9 Å². The molecule has 0 heterocycles.